The third-order valence-electron chi connectivity index (χ3n) is 2.80. The van der Waals surface area contributed by atoms with Crippen LogP contribution in [0.5, 0.6) is 0 Å². The second-order valence-corrected chi connectivity index (χ2v) is 9.71. The highest BCUT2D eigenvalue weighted by Crippen LogP contribution is 2.22. The van der Waals surface area contributed by atoms with E-state index >= 15 is 0 Å². The second-order valence-electron chi connectivity index (χ2n) is 6.98. The van der Waals surface area contributed by atoms with Gasteiger partial charge in [-0.05, 0) is 30.6 Å². The van der Waals surface area contributed by atoms with Crippen molar-refractivity contribution in [2.75, 3.05) is 19.8 Å². The van der Waals surface area contributed by atoms with E-state index in [0.717, 1.165) is 18.9 Å². The summed E-state index contributed by atoms with van der Waals surface area (Å²) >= 11 is 0. The molecule has 0 aliphatic carbocycles. The van der Waals surface area contributed by atoms with E-state index in [1.807, 2.05) is 6.08 Å². The van der Waals surface area contributed by atoms with E-state index in [0.29, 0.717) is 37.6 Å². The summed E-state index contributed by atoms with van der Waals surface area (Å²) in [5.41, 5.74) is 0. The third kappa shape index (κ3) is 11.1. The molecule has 0 saturated carbocycles. The Labute approximate surface area is 133 Å². The first kappa shape index (κ1) is 20.8. The van der Waals surface area contributed by atoms with E-state index < -0.39 is 8.80 Å². The molecule has 0 spiro atoms. The maximum Gasteiger partial charge on any atom is 0.500 e. The van der Waals surface area contributed by atoms with Crippen LogP contribution in [0.2, 0.25) is 6.04 Å². The molecule has 0 amide bonds. The van der Waals surface area contributed by atoms with Gasteiger partial charge in [0, 0.05) is 25.9 Å². The van der Waals surface area contributed by atoms with Gasteiger partial charge in [0.15, 0.2) is 0 Å². The lowest BCUT2D eigenvalue weighted by Crippen LogP contribution is -2.48. The molecule has 0 aromatic carbocycles. The zero-order valence-electron chi connectivity index (χ0n) is 15.0. The van der Waals surface area contributed by atoms with E-state index in [9.17, 15) is 0 Å². The van der Waals surface area contributed by atoms with Gasteiger partial charge in [0.1, 0.15) is 0 Å². The lowest BCUT2D eigenvalue weighted by molar-refractivity contribution is 0.0364. The van der Waals surface area contributed by atoms with Gasteiger partial charge < -0.3 is 13.3 Å². The van der Waals surface area contributed by atoms with Crippen molar-refractivity contribution in [2.24, 2.45) is 17.8 Å². The summed E-state index contributed by atoms with van der Waals surface area (Å²) < 4.78 is 18.6. The number of hydrogen-bond donors (Lipinski definition) is 0. The Morgan fingerprint density at radius 3 is 1.48 bits per heavy atom. The summed E-state index contributed by atoms with van der Waals surface area (Å²) in [5, 5.41) is 0. The van der Waals surface area contributed by atoms with Crippen LogP contribution < -0.4 is 0 Å². The van der Waals surface area contributed by atoms with Gasteiger partial charge in [-0.1, -0.05) is 47.6 Å². The zero-order chi connectivity index (χ0) is 16.3. The minimum absolute atomic E-state index is 0.488. The number of rotatable bonds is 13. The molecule has 0 fully saturated rings. The van der Waals surface area contributed by atoms with Gasteiger partial charge in [0.2, 0.25) is 0 Å². The van der Waals surface area contributed by atoms with Gasteiger partial charge in [0.25, 0.3) is 0 Å². The van der Waals surface area contributed by atoms with Gasteiger partial charge in [-0.2, -0.15) is 0 Å². The molecular weight excluding hydrogens is 280 g/mol. The molecule has 3 nitrogen and oxygen atoms in total. The molecule has 0 atom stereocenters. The first-order chi connectivity index (χ1) is 9.81. The number of hydrogen-bond acceptors (Lipinski definition) is 3. The molecule has 0 aromatic heterocycles. The fourth-order valence-electron chi connectivity index (χ4n) is 1.69. The molecule has 0 unspecified atom stereocenters. The molecule has 0 radical (unpaired) electrons. The third-order valence-corrected chi connectivity index (χ3v) is 5.59. The van der Waals surface area contributed by atoms with Crippen molar-refractivity contribution in [2.45, 2.75) is 60.4 Å². The standard InChI is InChI=1S/C17H36O3Si/c1-8-9-10-11-21(18-12-15(2)3,19-13-16(4)5)20-14-17(6)7/h8,15-17H,1,9-14H2,2-7H3. The Balaban J connectivity index is 4.80. The molecule has 4 heteroatoms. The molecule has 0 aliphatic heterocycles. The summed E-state index contributed by atoms with van der Waals surface area (Å²) in [6, 6.07) is 0.880. The van der Waals surface area contributed by atoms with Crippen LogP contribution in [-0.2, 0) is 13.3 Å². The summed E-state index contributed by atoms with van der Waals surface area (Å²) in [6.45, 7) is 18.9. The largest absolute Gasteiger partial charge is 0.500 e. The van der Waals surface area contributed by atoms with E-state index in [1.165, 1.54) is 0 Å². The number of allylic oxidation sites excluding steroid dienone is 1. The van der Waals surface area contributed by atoms with Crippen molar-refractivity contribution in [3.05, 3.63) is 12.7 Å². The first-order valence-electron chi connectivity index (χ1n) is 8.34. The van der Waals surface area contributed by atoms with Crippen LogP contribution in [0.15, 0.2) is 12.7 Å². The van der Waals surface area contributed by atoms with E-state index in [1.54, 1.807) is 0 Å². The SMILES string of the molecule is C=CCCC[Si](OCC(C)C)(OCC(C)C)OCC(C)C. The fourth-order valence-corrected chi connectivity index (χ4v) is 4.77. The lowest BCUT2D eigenvalue weighted by atomic mass is 10.2. The van der Waals surface area contributed by atoms with Crippen molar-refractivity contribution in [3.8, 4) is 0 Å². The van der Waals surface area contributed by atoms with Crippen LogP contribution in [0.3, 0.4) is 0 Å². The number of unbranched alkanes of at least 4 members (excludes halogenated alkanes) is 1. The van der Waals surface area contributed by atoms with Gasteiger partial charge in [0.05, 0.1) is 0 Å². The van der Waals surface area contributed by atoms with Crippen molar-refractivity contribution in [1.29, 1.82) is 0 Å². The minimum atomic E-state index is -2.57. The van der Waals surface area contributed by atoms with Gasteiger partial charge in [-0.25, -0.2) is 0 Å². The quantitative estimate of drug-likeness (QED) is 0.274. The molecule has 0 N–H and O–H groups in total. The van der Waals surface area contributed by atoms with E-state index in [4.69, 9.17) is 13.3 Å². The average molecular weight is 317 g/mol. The highest BCUT2D eigenvalue weighted by Gasteiger charge is 2.41. The van der Waals surface area contributed by atoms with E-state index in [2.05, 4.69) is 48.1 Å². The van der Waals surface area contributed by atoms with E-state index in [-0.39, 0.29) is 0 Å². The van der Waals surface area contributed by atoms with Crippen LogP contribution >= 0.6 is 0 Å². The Morgan fingerprint density at radius 2 is 1.19 bits per heavy atom. The molecule has 0 bridgehead atoms. The maximum atomic E-state index is 6.20. The zero-order valence-corrected chi connectivity index (χ0v) is 16.0. The van der Waals surface area contributed by atoms with Gasteiger partial charge in [-0.3, -0.25) is 0 Å². The molecule has 0 aromatic rings. The minimum Gasteiger partial charge on any atom is -0.373 e. The Hall–Kier alpha value is -0.163. The molecule has 0 saturated heterocycles. The Bertz CT molecular complexity index is 233. The van der Waals surface area contributed by atoms with Gasteiger partial charge in [-0.15, -0.1) is 6.58 Å². The topological polar surface area (TPSA) is 27.7 Å². The smallest absolute Gasteiger partial charge is 0.373 e. The molecule has 0 aliphatic rings. The molecule has 21 heavy (non-hydrogen) atoms. The van der Waals surface area contributed by atoms with Crippen LogP contribution in [0, 0.1) is 17.8 Å². The summed E-state index contributed by atoms with van der Waals surface area (Å²) in [7, 11) is -2.57. The molecule has 0 rings (SSSR count). The summed E-state index contributed by atoms with van der Waals surface area (Å²) in [5.74, 6) is 1.46. The first-order valence-corrected chi connectivity index (χ1v) is 10.3. The monoisotopic (exact) mass is 316 g/mol. The highest BCUT2D eigenvalue weighted by atomic mass is 28.4. The lowest BCUT2D eigenvalue weighted by Gasteiger charge is -2.32. The van der Waals surface area contributed by atoms with Crippen molar-refractivity contribution in [1.82, 2.24) is 0 Å². The van der Waals surface area contributed by atoms with Crippen LogP contribution in [-0.4, -0.2) is 28.6 Å². The summed E-state index contributed by atoms with van der Waals surface area (Å²) in [6.07, 6.45) is 3.95. The second kappa shape index (κ2) is 11.4. The van der Waals surface area contributed by atoms with Crippen LogP contribution in [0.4, 0.5) is 0 Å². The summed E-state index contributed by atoms with van der Waals surface area (Å²) in [4.78, 5) is 0. The predicted molar refractivity (Wildman–Crippen MR) is 92.4 cm³/mol. The van der Waals surface area contributed by atoms with Gasteiger partial charge >= 0.3 is 8.80 Å². The molecular formula is C17H36O3Si. The Kier molecular flexibility index (Phi) is 11.3. The normalized spacial score (nSPS) is 12.6. The Morgan fingerprint density at radius 1 is 0.810 bits per heavy atom. The maximum absolute atomic E-state index is 6.20. The average Bonchev–Trinajstić information content (AvgIpc) is 2.40. The van der Waals surface area contributed by atoms with Crippen molar-refractivity contribution < 1.29 is 13.3 Å². The molecule has 126 valence electrons. The highest BCUT2D eigenvalue weighted by molar-refractivity contribution is 6.60. The van der Waals surface area contributed by atoms with Crippen LogP contribution in [0.1, 0.15) is 54.4 Å². The van der Waals surface area contributed by atoms with Crippen molar-refractivity contribution >= 4 is 8.80 Å². The fraction of sp³-hybridized carbons (Fsp3) is 0.882. The predicted octanol–water partition coefficient (Wildman–Crippen LogP) is 4.91. The van der Waals surface area contributed by atoms with Crippen LogP contribution in [0.25, 0.3) is 0 Å². The van der Waals surface area contributed by atoms with Crippen molar-refractivity contribution in [3.63, 3.8) is 0 Å². The molecule has 0 heterocycles.